The Morgan fingerprint density at radius 1 is 1.44 bits per heavy atom. The summed E-state index contributed by atoms with van der Waals surface area (Å²) in [6.45, 7) is 2.84. The molecule has 96 valence electrons. The number of aromatic nitrogens is 2. The fraction of sp³-hybridized carbons (Fsp3) is 0.385. The molecule has 0 aliphatic heterocycles. The molecule has 1 atom stereocenters. The van der Waals surface area contributed by atoms with Crippen molar-refractivity contribution in [3.05, 3.63) is 47.9 Å². The topological polar surface area (TPSA) is 51.0 Å². The van der Waals surface area contributed by atoms with Crippen molar-refractivity contribution >= 4 is 0 Å². The zero-order valence-electron chi connectivity index (χ0n) is 10.3. The predicted octanol–water partition coefficient (Wildman–Crippen LogP) is 1.97. The van der Waals surface area contributed by atoms with Crippen molar-refractivity contribution in [1.29, 1.82) is 0 Å². The van der Waals surface area contributed by atoms with E-state index in [4.69, 9.17) is 0 Å². The van der Waals surface area contributed by atoms with Crippen LogP contribution in [0.2, 0.25) is 0 Å². The lowest BCUT2D eigenvalue weighted by Gasteiger charge is -2.13. The van der Waals surface area contributed by atoms with Crippen molar-refractivity contribution < 1.29 is 8.91 Å². The molecular weight excluding hydrogens is 233 g/mol. The van der Waals surface area contributed by atoms with E-state index in [1.54, 1.807) is 12.1 Å². The van der Waals surface area contributed by atoms with Crippen LogP contribution in [-0.4, -0.2) is 22.7 Å². The van der Waals surface area contributed by atoms with Crippen LogP contribution in [0.1, 0.15) is 18.3 Å². The normalized spacial score (nSPS) is 12.6. The van der Waals surface area contributed by atoms with E-state index in [1.165, 1.54) is 12.5 Å². The summed E-state index contributed by atoms with van der Waals surface area (Å²) in [6.07, 6.45) is 2.85. The molecule has 0 bridgehead atoms. The largest absolute Gasteiger partial charge is 0.343 e. The number of nitrogens with zero attached hydrogens (tertiary/aromatic N) is 2. The summed E-state index contributed by atoms with van der Waals surface area (Å²) in [5.41, 5.74) is 0.995. The van der Waals surface area contributed by atoms with E-state index in [0.717, 1.165) is 24.9 Å². The molecule has 1 N–H and O–H groups in total. The minimum atomic E-state index is -0.188. The molecule has 4 nitrogen and oxygen atoms in total. The van der Waals surface area contributed by atoms with Gasteiger partial charge in [-0.15, -0.1) is 0 Å². The smallest absolute Gasteiger partial charge is 0.213 e. The Bertz CT molecular complexity index is 473. The fourth-order valence-corrected chi connectivity index (χ4v) is 1.82. The van der Waals surface area contributed by atoms with Crippen LogP contribution in [0.5, 0.6) is 0 Å². The Balaban J connectivity index is 1.73. The average Bonchev–Trinajstić information content (AvgIpc) is 2.82. The molecule has 18 heavy (non-hydrogen) atoms. The highest BCUT2D eigenvalue weighted by Crippen LogP contribution is 2.06. The highest BCUT2D eigenvalue weighted by molar-refractivity contribution is 5.17. The molecule has 0 amide bonds. The number of nitrogens with one attached hydrogen (secondary N) is 1. The average molecular weight is 249 g/mol. The van der Waals surface area contributed by atoms with Gasteiger partial charge in [0.25, 0.3) is 0 Å². The van der Waals surface area contributed by atoms with Crippen molar-refractivity contribution in [2.24, 2.45) is 0 Å². The second kappa shape index (κ2) is 6.26. The second-order valence-corrected chi connectivity index (χ2v) is 4.29. The van der Waals surface area contributed by atoms with E-state index in [2.05, 4.69) is 26.9 Å². The fourth-order valence-electron chi connectivity index (χ4n) is 1.82. The molecule has 2 rings (SSSR count). The molecule has 1 aromatic carbocycles. The summed E-state index contributed by atoms with van der Waals surface area (Å²) < 4.78 is 17.7. The molecule has 0 saturated carbocycles. The Labute approximate surface area is 105 Å². The van der Waals surface area contributed by atoms with Gasteiger partial charge in [-0.3, -0.25) is 0 Å². The number of halogens is 1. The Kier molecular flexibility index (Phi) is 4.41. The van der Waals surface area contributed by atoms with Crippen LogP contribution in [0.15, 0.2) is 35.2 Å². The first kappa shape index (κ1) is 12.7. The number of rotatable bonds is 6. The van der Waals surface area contributed by atoms with E-state index >= 15 is 0 Å². The first-order chi connectivity index (χ1) is 8.74. The maximum absolute atomic E-state index is 13.0. The molecule has 0 spiro atoms. The highest BCUT2D eigenvalue weighted by Gasteiger charge is 2.05. The van der Waals surface area contributed by atoms with Gasteiger partial charge in [0.05, 0.1) is 0 Å². The summed E-state index contributed by atoms with van der Waals surface area (Å²) in [6, 6.07) is 6.96. The molecule has 2 aromatic rings. The van der Waals surface area contributed by atoms with Crippen molar-refractivity contribution in [1.82, 2.24) is 15.5 Å². The highest BCUT2D eigenvalue weighted by atomic mass is 19.1. The molecule has 5 heteroatoms. The first-order valence-electron chi connectivity index (χ1n) is 5.97. The van der Waals surface area contributed by atoms with Crippen LogP contribution < -0.4 is 5.32 Å². The van der Waals surface area contributed by atoms with Gasteiger partial charge < -0.3 is 9.84 Å². The molecule has 0 radical (unpaired) electrons. The van der Waals surface area contributed by atoms with Gasteiger partial charge in [0.15, 0.2) is 5.82 Å². The Morgan fingerprint density at radius 3 is 3.06 bits per heavy atom. The van der Waals surface area contributed by atoms with Gasteiger partial charge in [-0.25, -0.2) is 4.39 Å². The monoisotopic (exact) mass is 249 g/mol. The molecule has 1 aromatic heterocycles. The van der Waals surface area contributed by atoms with Crippen molar-refractivity contribution in [2.75, 3.05) is 6.54 Å². The lowest BCUT2D eigenvalue weighted by atomic mass is 10.1. The third-order valence-electron chi connectivity index (χ3n) is 2.68. The summed E-state index contributed by atoms with van der Waals surface area (Å²) in [7, 11) is 0. The third kappa shape index (κ3) is 3.92. The molecule has 0 saturated heterocycles. The van der Waals surface area contributed by atoms with Crippen LogP contribution in [-0.2, 0) is 12.8 Å². The van der Waals surface area contributed by atoms with Gasteiger partial charge in [0.2, 0.25) is 6.39 Å². The van der Waals surface area contributed by atoms with Gasteiger partial charge in [0.1, 0.15) is 5.82 Å². The van der Waals surface area contributed by atoms with E-state index < -0.39 is 0 Å². The maximum atomic E-state index is 13.0. The minimum absolute atomic E-state index is 0.188. The van der Waals surface area contributed by atoms with Crippen LogP contribution in [0.3, 0.4) is 0 Å². The molecule has 0 aliphatic carbocycles. The molecule has 1 heterocycles. The number of benzene rings is 1. The summed E-state index contributed by atoms with van der Waals surface area (Å²) >= 11 is 0. The predicted molar refractivity (Wildman–Crippen MR) is 65.6 cm³/mol. The van der Waals surface area contributed by atoms with Gasteiger partial charge in [0, 0.05) is 19.0 Å². The molecular formula is C13H16FN3O. The van der Waals surface area contributed by atoms with Gasteiger partial charge in [-0.05, 0) is 31.0 Å². The molecule has 0 fully saturated rings. The number of hydrogen-bond acceptors (Lipinski definition) is 4. The Morgan fingerprint density at radius 2 is 2.33 bits per heavy atom. The van der Waals surface area contributed by atoms with Gasteiger partial charge in [-0.2, -0.15) is 4.98 Å². The van der Waals surface area contributed by atoms with E-state index in [9.17, 15) is 4.39 Å². The van der Waals surface area contributed by atoms with E-state index in [1.807, 2.05) is 6.07 Å². The zero-order chi connectivity index (χ0) is 12.8. The second-order valence-electron chi connectivity index (χ2n) is 4.29. The SMILES string of the molecule is CC(Cc1cccc(F)c1)NCCc1ncon1. The summed E-state index contributed by atoms with van der Waals surface area (Å²) in [4.78, 5) is 3.94. The quantitative estimate of drug-likeness (QED) is 0.850. The maximum Gasteiger partial charge on any atom is 0.213 e. The minimum Gasteiger partial charge on any atom is -0.343 e. The van der Waals surface area contributed by atoms with Gasteiger partial charge >= 0.3 is 0 Å². The summed E-state index contributed by atoms with van der Waals surface area (Å²) in [5, 5.41) is 7.08. The third-order valence-corrected chi connectivity index (χ3v) is 2.68. The zero-order valence-corrected chi connectivity index (χ0v) is 10.3. The van der Waals surface area contributed by atoms with E-state index in [-0.39, 0.29) is 11.9 Å². The van der Waals surface area contributed by atoms with Crippen LogP contribution in [0.4, 0.5) is 4.39 Å². The van der Waals surface area contributed by atoms with E-state index in [0.29, 0.717) is 5.82 Å². The molecule has 1 unspecified atom stereocenters. The van der Waals surface area contributed by atoms with Crippen LogP contribution in [0, 0.1) is 5.82 Å². The first-order valence-corrected chi connectivity index (χ1v) is 5.97. The standard InChI is InChI=1S/C13H16FN3O/c1-10(7-11-3-2-4-12(14)8-11)15-6-5-13-16-9-18-17-13/h2-4,8-10,15H,5-7H2,1H3. The number of hydrogen-bond donors (Lipinski definition) is 1. The summed E-state index contributed by atoms with van der Waals surface area (Å²) in [5.74, 6) is 0.506. The molecule has 0 aliphatic rings. The van der Waals surface area contributed by atoms with Crippen molar-refractivity contribution in [3.8, 4) is 0 Å². The van der Waals surface area contributed by atoms with Crippen LogP contribution in [0.25, 0.3) is 0 Å². The lowest BCUT2D eigenvalue weighted by Crippen LogP contribution is -2.30. The van der Waals surface area contributed by atoms with Gasteiger partial charge in [-0.1, -0.05) is 17.3 Å². The Hall–Kier alpha value is -1.75. The van der Waals surface area contributed by atoms with Crippen LogP contribution >= 0.6 is 0 Å². The lowest BCUT2D eigenvalue weighted by molar-refractivity contribution is 0.408. The van der Waals surface area contributed by atoms with Crippen molar-refractivity contribution in [3.63, 3.8) is 0 Å². The van der Waals surface area contributed by atoms with Crippen molar-refractivity contribution in [2.45, 2.75) is 25.8 Å².